The summed E-state index contributed by atoms with van der Waals surface area (Å²) in [6.07, 6.45) is 2.87. The number of rotatable bonds is 0. The summed E-state index contributed by atoms with van der Waals surface area (Å²) in [4.78, 5) is 12.2. The van der Waals surface area contributed by atoms with E-state index in [0.717, 1.165) is 19.5 Å². The zero-order valence-electron chi connectivity index (χ0n) is 5.59. The minimum Gasteiger partial charge on any atom is -0.313 e. The molecular formula is C7H9NOS. The molecule has 0 bridgehead atoms. The minimum atomic E-state index is 0.333. The fourth-order valence-electron chi connectivity index (χ4n) is 1.37. The first-order chi connectivity index (χ1) is 4.86. The molecule has 54 valence electrons. The van der Waals surface area contributed by atoms with Gasteiger partial charge in [-0.3, -0.25) is 4.79 Å². The van der Waals surface area contributed by atoms with E-state index in [1.807, 2.05) is 0 Å². The summed E-state index contributed by atoms with van der Waals surface area (Å²) in [5.41, 5.74) is 0. The van der Waals surface area contributed by atoms with E-state index in [4.69, 9.17) is 0 Å². The number of thioether (sulfide) groups is 1. The number of fused-ring (bicyclic) bond motifs is 1. The first-order valence-corrected chi connectivity index (χ1v) is 4.29. The lowest BCUT2D eigenvalue weighted by molar-refractivity contribution is -0.111. The molecular weight excluding hydrogens is 146 g/mol. The Morgan fingerprint density at radius 3 is 3.40 bits per heavy atom. The second-order valence-electron chi connectivity index (χ2n) is 2.64. The second kappa shape index (κ2) is 2.40. The van der Waals surface area contributed by atoms with Gasteiger partial charge in [0.1, 0.15) is 0 Å². The first-order valence-electron chi connectivity index (χ1n) is 3.48. The lowest BCUT2D eigenvalue weighted by atomic mass is 10.0. The third-order valence-electron chi connectivity index (χ3n) is 1.89. The van der Waals surface area contributed by atoms with Crippen LogP contribution in [0.3, 0.4) is 0 Å². The lowest BCUT2D eigenvalue weighted by Crippen LogP contribution is -2.26. The van der Waals surface area contributed by atoms with Crippen LogP contribution in [0.2, 0.25) is 0 Å². The van der Waals surface area contributed by atoms with Crippen LogP contribution >= 0.6 is 11.8 Å². The molecule has 1 saturated heterocycles. The second-order valence-corrected chi connectivity index (χ2v) is 3.77. The van der Waals surface area contributed by atoms with Crippen molar-refractivity contribution in [2.24, 2.45) is 5.92 Å². The maximum absolute atomic E-state index is 10.9. The molecule has 0 saturated carbocycles. The van der Waals surface area contributed by atoms with Gasteiger partial charge in [-0.25, -0.2) is 0 Å². The molecule has 2 heterocycles. The van der Waals surface area contributed by atoms with Crippen molar-refractivity contribution in [3.8, 4) is 0 Å². The van der Waals surface area contributed by atoms with Crippen LogP contribution in [0.1, 0.15) is 6.42 Å². The number of carbonyl (C=O) groups excluding carboxylic acids is 1. The highest BCUT2D eigenvalue weighted by Gasteiger charge is 2.29. The van der Waals surface area contributed by atoms with Crippen LogP contribution in [0, 0.1) is 5.92 Å². The predicted molar refractivity (Wildman–Crippen MR) is 41.7 cm³/mol. The normalized spacial score (nSPS) is 31.8. The molecule has 2 rings (SSSR count). The summed E-state index contributed by atoms with van der Waals surface area (Å²) in [5.74, 6) is 0.506. The Hall–Kier alpha value is -0.280. The summed E-state index contributed by atoms with van der Waals surface area (Å²) in [6, 6.07) is 0. The van der Waals surface area contributed by atoms with Gasteiger partial charge < -0.3 is 5.32 Å². The van der Waals surface area contributed by atoms with Crippen molar-refractivity contribution < 1.29 is 4.79 Å². The van der Waals surface area contributed by atoms with Gasteiger partial charge >= 0.3 is 0 Å². The Kier molecular flexibility index (Phi) is 1.54. The van der Waals surface area contributed by atoms with Crippen molar-refractivity contribution in [2.75, 3.05) is 13.1 Å². The quantitative estimate of drug-likeness (QED) is 0.560. The van der Waals surface area contributed by atoms with Gasteiger partial charge in [0.2, 0.25) is 0 Å². The average Bonchev–Trinajstić information content (AvgIpc) is 2.27. The SMILES string of the molecule is O=C1CC2CNCC=C2S1. The van der Waals surface area contributed by atoms with E-state index in [2.05, 4.69) is 11.4 Å². The third-order valence-corrected chi connectivity index (χ3v) is 3.02. The highest BCUT2D eigenvalue weighted by atomic mass is 32.2. The van der Waals surface area contributed by atoms with Crippen molar-refractivity contribution >= 4 is 16.9 Å². The first kappa shape index (κ1) is 6.43. The Labute approximate surface area is 64.1 Å². The summed E-state index contributed by atoms with van der Waals surface area (Å²) in [6.45, 7) is 1.93. The molecule has 0 aromatic rings. The predicted octanol–water partition coefficient (Wildman–Crippen LogP) is 0.753. The van der Waals surface area contributed by atoms with Crippen molar-refractivity contribution in [1.82, 2.24) is 5.32 Å². The van der Waals surface area contributed by atoms with Crippen LogP contribution < -0.4 is 5.32 Å². The third kappa shape index (κ3) is 0.995. The van der Waals surface area contributed by atoms with Crippen LogP contribution in [-0.2, 0) is 4.79 Å². The largest absolute Gasteiger partial charge is 0.313 e. The lowest BCUT2D eigenvalue weighted by Gasteiger charge is -2.15. The molecule has 2 nitrogen and oxygen atoms in total. The van der Waals surface area contributed by atoms with Crippen LogP contribution in [0.15, 0.2) is 11.0 Å². The van der Waals surface area contributed by atoms with Crippen molar-refractivity contribution in [3.05, 3.63) is 11.0 Å². The Bertz CT molecular complexity index is 200. The van der Waals surface area contributed by atoms with E-state index in [0.29, 0.717) is 11.0 Å². The summed E-state index contributed by atoms with van der Waals surface area (Å²) >= 11 is 1.43. The highest BCUT2D eigenvalue weighted by molar-refractivity contribution is 8.17. The van der Waals surface area contributed by atoms with Gasteiger partial charge in [0, 0.05) is 25.4 Å². The van der Waals surface area contributed by atoms with Crippen LogP contribution in [-0.4, -0.2) is 18.2 Å². The maximum atomic E-state index is 10.9. The number of carbonyl (C=O) groups is 1. The topological polar surface area (TPSA) is 29.1 Å². The van der Waals surface area contributed by atoms with Gasteiger partial charge in [0.15, 0.2) is 5.12 Å². The van der Waals surface area contributed by atoms with Gasteiger partial charge in [-0.15, -0.1) is 0 Å². The van der Waals surface area contributed by atoms with Gasteiger partial charge in [0.05, 0.1) is 0 Å². The van der Waals surface area contributed by atoms with Crippen LogP contribution in [0.25, 0.3) is 0 Å². The Morgan fingerprint density at radius 1 is 1.70 bits per heavy atom. The van der Waals surface area contributed by atoms with Crippen LogP contribution in [0.4, 0.5) is 0 Å². The molecule has 2 aliphatic rings. The van der Waals surface area contributed by atoms with Gasteiger partial charge in [-0.2, -0.15) is 0 Å². The molecule has 0 aliphatic carbocycles. The fourth-order valence-corrected chi connectivity index (χ4v) is 2.42. The maximum Gasteiger partial charge on any atom is 0.194 e. The van der Waals surface area contributed by atoms with Crippen molar-refractivity contribution in [1.29, 1.82) is 0 Å². The highest BCUT2D eigenvalue weighted by Crippen LogP contribution is 2.37. The molecule has 0 aromatic heterocycles. The average molecular weight is 155 g/mol. The molecule has 1 N–H and O–H groups in total. The fraction of sp³-hybridized carbons (Fsp3) is 0.571. The zero-order chi connectivity index (χ0) is 6.97. The molecule has 1 fully saturated rings. The van der Waals surface area contributed by atoms with E-state index in [-0.39, 0.29) is 0 Å². The van der Waals surface area contributed by atoms with Gasteiger partial charge in [-0.05, 0) is 4.91 Å². The van der Waals surface area contributed by atoms with Crippen molar-refractivity contribution in [3.63, 3.8) is 0 Å². The van der Waals surface area contributed by atoms with E-state index in [9.17, 15) is 4.79 Å². The van der Waals surface area contributed by atoms with E-state index >= 15 is 0 Å². The Balaban J connectivity index is 2.20. The molecule has 2 aliphatic heterocycles. The molecule has 10 heavy (non-hydrogen) atoms. The van der Waals surface area contributed by atoms with Crippen molar-refractivity contribution in [2.45, 2.75) is 6.42 Å². The van der Waals surface area contributed by atoms with E-state index < -0.39 is 0 Å². The molecule has 0 amide bonds. The molecule has 0 radical (unpaired) electrons. The zero-order valence-corrected chi connectivity index (χ0v) is 6.41. The summed E-state index contributed by atoms with van der Waals surface area (Å²) in [7, 11) is 0. The number of nitrogens with one attached hydrogen (secondary N) is 1. The minimum absolute atomic E-state index is 0.333. The molecule has 3 heteroatoms. The van der Waals surface area contributed by atoms with E-state index in [1.165, 1.54) is 16.7 Å². The molecule has 1 atom stereocenters. The standard InChI is InChI=1S/C7H9NOS/c9-7-3-5-4-8-2-1-6(5)10-7/h1,5,8H,2-4H2. The van der Waals surface area contributed by atoms with Crippen LogP contribution in [0.5, 0.6) is 0 Å². The number of hydrogen-bond donors (Lipinski definition) is 1. The smallest absolute Gasteiger partial charge is 0.194 e. The molecule has 0 spiro atoms. The van der Waals surface area contributed by atoms with E-state index in [1.54, 1.807) is 0 Å². The molecule has 1 unspecified atom stereocenters. The van der Waals surface area contributed by atoms with Gasteiger partial charge in [-0.1, -0.05) is 17.8 Å². The Morgan fingerprint density at radius 2 is 2.60 bits per heavy atom. The summed E-state index contributed by atoms with van der Waals surface area (Å²) < 4.78 is 0. The molecule has 0 aromatic carbocycles. The monoisotopic (exact) mass is 155 g/mol. The van der Waals surface area contributed by atoms with Gasteiger partial charge in [0.25, 0.3) is 0 Å². The number of hydrogen-bond acceptors (Lipinski definition) is 3. The summed E-state index contributed by atoms with van der Waals surface area (Å²) in [5, 5.41) is 3.57.